The highest BCUT2D eigenvalue weighted by Gasteiger charge is 2.28. The molecule has 2 rings (SSSR count). The molecule has 1 saturated heterocycles. The lowest BCUT2D eigenvalue weighted by Crippen LogP contribution is -2.49. The molecule has 25 heavy (non-hydrogen) atoms. The third-order valence-electron chi connectivity index (χ3n) is 4.55. The fourth-order valence-corrected chi connectivity index (χ4v) is 4.24. The first-order valence-electron chi connectivity index (χ1n) is 8.79. The zero-order valence-corrected chi connectivity index (χ0v) is 16.2. The molecule has 1 N–H and O–H groups in total. The van der Waals surface area contributed by atoms with Crippen LogP contribution in [-0.4, -0.2) is 45.0 Å². The van der Waals surface area contributed by atoms with E-state index in [1.807, 2.05) is 6.92 Å². The van der Waals surface area contributed by atoms with Crippen LogP contribution in [0, 0.1) is 12.8 Å². The minimum atomic E-state index is -3.76. The lowest BCUT2D eigenvalue weighted by atomic mass is 9.99. The topological polar surface area (TPSA) is 75.7 Å². The minimum absolute atomic E-state index is 0.139. The van der Waals surface area contributed by atoms with Crippen molar-refractivity contribution in [3.05, 3.63) is 23.8 Å². The van der Waals surface area contributed by atoms with Crippen LogP contribution in [0.3, 0.4) is 0 Å². The third-order valence-corrected chi connectivity index (χ3v) is 6.09. The standard InChI is InChI=1S/C18H28N2O4S/c1-5-24-17-7-6-16(12-14(17)3)25(22,23)19-15(4)18(21)20-10-8-13(2)9-11-20/h6-7,12-13,15,19H,5,8-11H2,1-4H3/t15-/m0/s1. The van der Waals surface area contributed by atoms with E-state index in [1.54, 1.807) is 30.9 Å². The van der Waals surface area contributed by atoms with Gasteiger partial charge in [0.25, 0.3) is 0 Å². The number of piperidine rings is 1. The Morgan fingerprint density at radius 2 is 2.00 bits per heavy atom. The molecule has 1 aromatic rings. The van der Waals surface area contributed by atoms with Crippen molar-refractivity contribution in [2.75, 3.05) is 19.7 Å². The van der Waals surface area contributed by atoms with Crippen molar-refractivity contribution >= 4 is 15.9 Å². The van der Waals surface area contributed by atoms with Crippen LogP contribution in [0.4, 0.5) is 0 Å². The number of rotatable bonds is 6. The van der Waals surface area contributed by atoms with Crippen LogP contribution in [0.2, 0.25) is 0 Å². The largest absolute Gasteiger partial charge is 0.494 e. The van der Waals surface area contributed by atoms with Crippen LogP contribution in [0.5, 0.6) is 5.75 Å². The van der Waals surface area contributed by atoms with Crippen molar-refractivity contribution in [1.29, 1.82) is 0 Å². The summed E-state index contributed by atoms with van der Waals surface area (Å²) in [5.74, 6) is 1.11. The highest BCUT2D eigenvalue weighted by molar-refractivity contribution is 7.89. The third kappa shape index (κ3) is 4.95. The number of carbonyl (C=O) groups excluding carboxylic acids is 1. The summed E-state index contributed by atoms with van der Waals surface area (Å²) in [6, 6.07) is 3.92. The quantitative estimate of drug-likeness (QED) is 0.836. The molecule has 0 unspecified atom stereocenters. The van der Waals surface area contributed by atoms with E-state index >= 15 is 0 Å². The summed E-state index contributed by atoms with van der Waals surface area (Å²) < 4.78 is 33.1. The van der Waals surface area contributed by atoms with Crippen molar-refractivity contribution in [3.63, 3.8) is 0 Å². The molecule has 6 nitrogen and oxygen atoms in total. The Kier molecular flexibility index (Phi) is 6.46. The maximum Gasteiger partial charge on any atom is 0.241 e. The summed E-state index contributed by atoms with van der Waals surface area (Å²) in [4.78, 5) is 14.4. The van der Waals surface area contributed by atoms with Gasteiger partial charge in [-0.3, -0.25) is 4.79 Å². The van der Waals surface area contributed by atoms with E-state index in [9.17, 15) is 13.2 Å². The average molecular weight is 368 g/mol. The second-order valence-electron chi connectivity index (χ2n) is 6.71. The zero-order valence-electron chi connectivity index (χ0n) is 15.4. The predicted octanol–water partition coefficient (Wildman–Crippen LogP) is 2.32. The van der Waals surface area contributed by atoms with E-state index < -0.39 is 16.1 Å². The Balaban J connectivity index is 2.07. The highest BCUT2D eigenvalue weighted by atomic mass is 32.2. The first-order valence-corrected chi connectivity index (χ1v) is 10.3. The SMILES string of the molecule is CCOc1ccc(S(=O)(=O)N[C@@H](C)C(=O)N2CCC(C)CC2)cc1C. The number of nitrogens with zero attached hydrogens (tertiary/aromatic N) is 1. The van der Waals surface area contributed by atoms with Gasteiger partial charge in [-0.2, -0.15) is 4.72 Å². The van der Waals surface area contributed by atoms with Crippen molar-refractivity contribution < 1.29 is 17.9 Å². The smallest absolute Gasteiger partial charge is 0.241 e. The van der Waals surface area contributed by atoms with Crippen LogP contribution >= 0.6 is 0 Å². The summed E-state index contributed by atoms with van der Waals surface area (Å²) in [6.07, 6.45) is 1.92. The Bertz CT molecular complexity index is 710. The highest BCUT2D eigenvalue weighted by Crippen LogP contribution is 2.22. The number of hydrogen-bond acceptors (Lipinski definition) is 4. The number of amides is 1. The van der Waals surface area contributed by atoms with Gasteiger partial charge in [0.05, 0.1) is 17.5 Å². The first-order chi connectivity index (χ1) is 11.7. The molecule has 0 aromatic heterocycles. The Morgan fingerprint density at radius 3 is 2.56 bits per heavy atom. The lowest BCUT2D eigenvalue weighted by Gasteiger charge is -2.32. The number of aryl methyl sites for hydroxylation is 1. The number of carbonyl (C=O) groups is 1. The van der Waals surface area contributed by atoms with Gasteiger partial charge >= 0.3 is 0 Å². The molecule has 140 valence electrons. The Morgan fingerprint density at radius 1 is 1.36 bits per heavy atom. The molecule has 0 aliphatic carbocycles. The Labute approximate surface area is 150 Å². The molecule has 0 bridgehead atoms. The fraction of sp³-hybridized carbons (Fsp3) is 0.611. The molecular formula is C18H28N2O4S. The maximum atomic E-state index is 12.6. The van der Waals surface area contributed by atoms with Gasteiger partial charge in [0.2, 0.25) is 15.9 Å². The van der Waals surface area contributed by atoms with Crippen LogP contribution in [-0.2, 0) is 14.8 Å². The zero-order chi connectivity index (χ0) is 18.6. The molecule has 1 aromatic carbocycles. The number of ether oxygens (including phenoxy) is 1. The molecule has 7 heteroatoms. The molecule has 1 aliphatic rings. The van der Waals surface area contributed by atoms with E-state index in [0.717, 1.165) is 18.4 Å². The van der Waals surface area contributed by atoms with Gasteiger partial charge in [-0.05, 0) is 63.3 Å². The summed E-state index contributed by atoms with van der Waals surface area (Å²) in [5.41, 5.74) is 0.744. The fourth-order valence-electron chi connectivity index (χ4n) is 2.96. The molecule has 1 amide bonds. The molecule has 0 radical (unpaired) electrons. The number of nitrogens with one attached hydrogen (secondary N) is 1. The van der Waals surface area contributed by atoms with E-state index in [0.29, 0.717) is 31.4 Å². The number of likely N-dealkylation sites (tertiary alicyclic amines) is 1. The summed E-state index contributed by atoms with van der Waals surface area (Å²) >= 11 is 0. The second-order valence-corrected chi connectivity index (χ2v) is 8.43. The van der Waals surface area contributed by atoms with E-state index in [-0.39, 0.29) is 10.8 Å². The molecule has 1 aliphatic heterocycles. The minimum Gasteiger partial charge on any atom is -0.494 e. The van der Waals surface area contributed by atoms with Gasteiger partial charge in [-0.15, -0.1) is 0 Å². The molecule has 0 saturated carbocycles. The van der Waals surface area contributed by atoms with Crippen molar-refractivity contribution in [1.82, 2.24) is 9.62 Å². The van der Waals surface area contributed by atoms with E-state index in [2.05, 4.69) is 11.6 Å². The number of benzene rings is 1. The monoisotopic (exact) mass is 368 g/mol. The molecule has 1 heterocycles. The van der Waals surface area contributed by atoms with Gasteiger partial charge in [0.15, 0.2) is 0 Å². The van der Waals surface area contributed by atoms with Gasteiger partial charge in [0, 0.05) is 13.1 Å². The normalized spacial score (nSPS) is 17.4. The van der Waals surface area contributed by atoms with E-state index in [4.69, 9.17) is 4.74 Å². The van der Waals surface area contributed by atoms with Gasteiger partial charge in [-0.25, -0.2) is 8.42 Å². The van der Waals surface area contributed by atoms with Crippen molar-refractivity contribution in [2.24, 2.45) is 5.92 Å². The van der Waals surface area contributed by atoms with Crippen molar-refractivity contribution in [2.45, 2.75) is 51.5 Å². The maximum absolute atomic E-state index is 12.6. The van der Waals surface area contributed by atoms with Crippen LogP contribution in [0.25, 0.3) is 0 Å². The molecule has 1 fully saturated rings. The van der Waals surface area contributed by atoms with Crippen LogP contribution in [0.1, 0.15) is 39.2 Å². The first kappa shape index (κ1) is 19.7. The van der Waals surface area contributed by atoms with Crippen LogP contribution in [0.15, 0.2) is 23.1 Å². The Hall–Kier alpha value is -1.60. The van der Waals surface area contributed by atoms with Crippen LogP contribution < -0.4 is 9.46 Å². The van der Waals surface area contributed by atoms with Gasteiger partial charge in [0.1, 0.15) is 5.75 Å². The summed E-state index contributed by atoms with van der Waals surface area (Å²) in [5, 5.41) is 0. The summed E-state index contributed by atoms with van der Waals surface area (Å²) in [6.45, 7) is 9.34. The second kappa shape index (κ2) is 8.19. The van der Waals surface area contributed by atoms with E-state index in [1.165, 1.54) is 6.07 Å². The number of sulfonamides is 1. The lowest BCUT2D eigenvalue weighted by molar-refractivity contribution is -0.133. The van der Waals surface area contributed by atoms with Crippen molar-refractivity contribution in [3.8, 4) is 5.75 Å². The van der Waals surface area contributed by atoms with Gasteiger partial charge in [-0.1, -0.05) is 6.92 Å². The molecular weight excluding hydrogens is 340 g/mol. The predicted molar refractivity (Wildman–Crippen MR) is 97.1 cm³/mol. The molecule has 1 atom stereocenters. The summed E-state index contributed by atoms with van der Waals surface area (Å²) in [7, 11) is -3.76. The molecule has 0 spiro atoms. The van der Waals surface area contributed by atoms with Gasteiger partial charge < -0.3 is 9.64 Å². The number of hydrogen-bond donors (Lipinski definition) is 1. The average Bonchev–Trinajstić information content (AvgIpc) is 2.56.